The van der Waals surface area contributed by atoms with Gasteiger partial charge in [0.25, 0.3) is 5.91 Å². The highest BCUT2D eigenvalue weighted by molar-refractivity contribution is 7.92. The fourth-order valence-corrected chi connectivity index (χ4v) is 5.10. The van der Waals surface area contributed by atoms with Gasteiger partial charge in [0.05, 0.1) is 10.1 Å². The maximum Gasteiger partial charge on any atom is 0.411 e. The molecule has 29 heavy (non-hydrogen) atoms. The third-order valence-electron chi connectivity index (χ3n) is 4.94. The summed E-state index contributed by atoms with van der Waals surface area (Å²) in [6, 6.07) is 6.74. The van der Waals surface area contributed by atoms with Gasteiger partial charge >= 0.3 is 6.09 Å². The summed E-state index contributed by atoms with van der Waals surface area (Å²) in [5, 5.41) is 8.43. The summed E-state index contributed by atoms with van der Waals surface area (Å²) in [5.41, 5.74) is -0.799. The monoisotopic (exact) mass is 419 g/mol. The Hall–Kier alpha value is -2.60. The van der Waals surface area contributed by atoms with Gasteiger partial charge in [0.2, 0.25) is 0 Å². The molecule has 0 radical (unpaired) electrons. The molecule has 1 aromatic rings. The first kappa shape index (κ1) is 21.1. The Kier molecular flexibility index (Phi) is 5.59. The highest BCUT2D eigenvalue weighted by Gasteiger charge is 2.49. The Morgan fingerprint density at radius 2 is 1.83 bits per heavy atom. The summed E-state index contributed by atoms with van der Waals surface area (Å²) in [7, 11) is -3.76. The van der Waals surface area contributed by atoms with Crippen molar-refractivity contribution < 1.29 is 22.7 Å². The molecule has 2 fully saturated rings. The Labute approximate surface area is 171 Å². The summed E-state index contributed by atoms with van der Waals surface area (Å²) in [5.74, 6) is -0.549. The molecule has 2 unspecified atom stereocenters. The molecule has 1 saturated heterocycles. The number of benzene rings is 1. The molecular weight excluding hydrogens is 394 g/mol. The maximum absolute atomic E-state index is 13.1. The van der Waals surface area contributed by atoms with Gasteiger partial charge in [0.15, 0.2) is 16.0 Å². The molecule has 0 spiro atoms. The minimum atomic E-state index is -3.76. The first-order chi connectivity index (χ1) is 13.5. The first-order valence-electron chi connectivity index (χ1n) is 9.56. The lowest BCUT2D eigenvalue weighted by molar-refractivity contribution is -0.133. The normalized spacial score (nSPS) is 22.1. The van der Waals surface area contributed by atoms with Gasteiger partial charge in [-0.2, -0.15) is 5.26 Å². The molecule has 2 amide bonds. The number of ether oxygens (including phenoxy) is 1. The predicted molar refractivity (Wildman–Crippen MR) is 104 cm³/mol. The van der Waals surface area contributed by atoms with E-state index in [9.17, 15) is 23.3 Å². The van der Waals surface area contributed by atoms with Crippen molar-refractivity contribution in [3.05, 3.63) is 30.3 Å². The van der Waals surface area contributed by atoms with E-state index in [0.717, 1.165) is 22.6 Å². The second-order valence-electron chi connectivity index (χ2n) is 8.40. The lowest BCUT2D eigenvalue weighted by Crippen LogP contribution is -2.48. The van der Waals surface area contributed by atoms with Crippen molar-refractivity contribution in [3.8, 4) is 6.19 Å². The highest BCUT2D eigenvalue weighted by atomic mass is 32.2. The van der Waals surface area contributed by atoms with E-state index in [1.165, 1.54) is 12.1 Å². The molecule has 3 rings (SSSR count). The van der Waals surface area contributed by atoms with E-state index < -0.39 is 38.7 Å². The molecule has 156 valence electrons. The number of amides is 2. The largest absolute Gasteiger partial charge is 0.444 e. The van der Waals surface area contributed by atoms with E-state index in [0.29, 0.717) is 0 Å². The number of hydrogen-bond donors (Lipinski definition) is 0. The Bertz CT molecular complexity index is 929. The number of rotatable bonds is 4. The van der Waals surface area contributed by atoms with Crippen LogP contribution >= 0.6 is 0 Å². The van der Waals surface area contributed by atoms with Gasteiger partial charge in [0, 0.05) is 12.6 Å². The van der Waals surface area contributed by atoms with Crippen molar-refractivity contribution in [1.29, 1.82) is 5.26 Å². The van der Waals surface area contributed by atoms with E-state index in [2.05, 4.69) is 0 Å². The van der Waals surface area contributed by atoms with Crippen LogP contribution in [0.5, 0.6) is 0 Å². The van der Waals surface area contributed by atoms with E-state index in [1.807, 2.05) is 6.19 Å². The van der Waals surface area contributed by atoms with E-state index in [1.54, 1.807) is 39.0 Å². The standard InChI is InChI=1S/C20H25N3O5S/c1-20(2,3)28-19(25)22-12-16(29(26,27)15-7-5-4-6-8-15)11-17(22)18(24)23(13-21)14-9-10-14/h4-8,14,16-17H,9-12H2,1-3H3. The van der Waals surface area contributed by atoms with Crippen LogP contribution in [-0.4, -0.2) is 59.7 Å². The smallest absolute Gasteiger partial charge is 0.411 e. The lowest BCUT2D eigenvalue weighted by atomic mass is 10.2. The van der Waals surface area contributed by atoms with Gasteiger partial charge < -0.3 is 4.74 Å². The molecule has 1 saturated carbocycles. The van der Waals surface area contributed by atoms with Crippen LogP contribution in [0.2, 0.25) is 0 Å². The molecule has 1 aliphatic carbocycles. The average molecular weight is 420 g/mol. The molecule has 0 bridgehead atoms. The first-order valence-corrected chi connectivity index (χ1v) is 11.1. The SMILES string of the molecule is CC(C)(C)OC(=O)N1CC(S(=O)(=O)c2ccccc2)CC1C(=O)N(C#N)C1CC1. The van der Waals surface area contributed by atoms with Crippen LogP contribution < -0.4 is 0 Å². The Morgan fingerprint density at radius 3 is 2.34 bits per heavy atom. The van der Waals surface area contributed by atoms with Crippen molar-refractivity contribution in [2.24, 2.45) is 0 Å². The van der Waals surface area contributed by atoms with Crippen LogP contribution in [0.1, 0.15) is 40.0 Å². The summed E-state index contributed by atoms with van der Waals surface area (Å²) < 4.78 is 31.5. The quantitative estimate of drug-likeness (QED) is 0.547. The van der Waals surface area contributed by atoms with Gasteiger partial charge in [-0.25, -0.2) is 18.1 Å². The molecular formula is C20H25N3O5S. The van der Waals surface area contributed by atoms with E-state index >= 15 is 0 Å². The fourth-order valence-electron chi connectivity index (χ4n) is 3.39. The summed E-state index contributed by atoms with van der Waals surface area (Å²) in [6.45, 7) is 4.93. The second-order valence-corrected chi connectivity index (χ2v) is 10.6. The van der Waals surface area contributed by atoms with Crippen LogP contribution in [-0.2, 0) is 19.4 Å². The molecule has 0 aromatic heterocycles. The van der Waals surface area contributed by atoms with Crippen LogP contribution in [0.15, 0.2) is 35.2 Å². The zero-order valence-electron chi connectivity index (χ0n) is 16.7. The van der Waals surface area contributed by atoms with Gasteiger partial charge in [-0.15, -0.1) is 0 Å². The number of nitriles is 1. The average Bonchev–Trinajstić information content (AvgIpc) is 3.37. The van der Waals surface area contributed by atoms with Crippen molar-refractivity contribution in [3.63, 3.8) is 0 Å². The van der Waals surface area contributed by atoms with Crippen LogP contribution in [0, 0.1) is 11.5 Å². The molecule has 2 atom stereocenters. The number of carbonyl (C=O) groups is 2. The second kappa shape index (κ2) is 7.67. The minimum absolute atomic E-state index is 0.0692. The third-order valence-corrected chi connectivity index (χ3v) is 7.09. The van der Waals surface area contributed by atoms with Crippen molar-refractivity contribution in [2.75, 3.05) is 6.54 Å². The number of hydrogen-bond acceptors (Lipinski definition) is 6. The Balaban J connectivity index is 1.90. The molecule has 0 N–H and O–H groups in total. The summed E-state index contributed by atoms with van der Waals surface area (Å²) in [4.78, 5) is 28.1. The summed E-state index contributed by atoms with van der Waals surface area (Å²) in [6.07, 6.45) is 2.52. The third kappa shape index (κ3) is 4.53. The fraction of sp³-hybridized carbons (Fsp3) is 0.550. The van der Waals surface area contributed by atoms with Gasteiger partial charge in [-0.1, -0.05) is 18.2 Å². The van der Waals surface area contributed by atoms with Crippen molar-refractivity contribution >= 4 is 21.8 Å². The number of nitrogens with zero attached hydrogens (tertiary/aromatic N) is 3. The van der Waals surface area contributed by atoms with Gasteiger partial charge in [-0.05, 0) is 52.2 Å². The number of carbonyl (C=O) groups excluding carboxylic acids is 2. The molecule has 1 aromatic carbocycles. The zero-order valence-corrected chi connectivity index (χ0v) is 17.6. The number of likely N-dealkylation sites (tertiary alicyclic amines) is 1. The number of sulfone groups is 1. The topological polar surface area (TPSA) is 108 Å². The van der Waals surface area contributed by atoms with Gasteiger partial charge in [0.1, 0.15) is 11.6 Å². The van der Waals surface area contributed by atoms with Crippen LogP contribution in [0.4, 0.5) is 4.79 Å². The van der Waals surface area contributed by atoms with Crippen molar-refractivity contribution in [2.45, 2.75) is 67.9 Å². The summed E-state index contributed by atoms with van der Waals surface area (Å²) >= 11 is 0. The van der Waals surface area contributed by atoms with E-state index in [4.69, 9.17) is 4.74 Å². The van der Waals surface area contributed by atoms with Crippen LogP contribution in [0.3, 0.4) is 0 Å². The lowest BCUT2D eigenvalue weighted by Gasteiger charge is -2.29. The highest BCUT2D eigenvalue weighted by Crippen LogP contribution is 2.33. The Morgan fingerprint density at radius 1 is 1.21 bits per heavy atom. The van der Waals surface area contributed by atoms with Crippen LogP contribution in [0.25, 0.3) is 0 Å². The predicted octanol–water partition coefficient (Wildman–Crippen LogP) is 2.31. The molecule has 1 heterocycles. The molecule has 8 nitrogen and oxygen atoms in total. The van der Waals surface area contributed by atoms with Crippen molar-refractivity contribution in [1.82, 2.24) is 9.80 Å². The molecule has 1 aliphatic heterocycles. The zero-order chi connectivity index (χ0) is 21.4. The molecule has 9 heteroatoms. The van der Waals surface area contributed by atoms with E-state index in [-0.39, 0.29) is 23.9 Å². The van der Waals surface area contributed by atoms with Gasteiger partial charge in [-0.3, -0.25) is 9.69 Å². The maximum atomic E-state index is 13.1. The molecule has 2 aliphatic rings. The minimum Gasteiger partial charge on any atom is -0.444 e.